The van der Waals surface area contributed by atoms with Crippen molar-refractivity contribution in [3.05, 3.63) is 76.8 Å². The smallest absolute Gasteiger partial charge is 0.309 e. The molecule has 4 heterocycles. The van der Waals surface area contributed by atoms with Crippen LogP contribution in [0.2, 0.25) is 0 Å². The molecule has 0 unspecified atom stereocenters. The number of benzene rings is 1. The van der Waals surface area contributed by atoms with Crippen molar-refractivity contribution in [2.45, 2.75) is 26.7 Å². The van der Waals surface area contributed by atoms with Crippen LogP contribution in [0.15, 0.2) is 55.0 Å². The number of rotatable bonds is 7. The molecule has 5 rings (SSSR count). The molecular weight excluding hydrogens is 486 g/mol. The molecule has 0 bridgehead atoms. The van der Waals surface area contributed by atoms with Crippen molar-refractivity contribution in [1.82, 2.24) is 24.3 Å². The van der Waals surface area contributed by atoms with E-state index in [1.807, 2.05) is 72.8 Å². The molecule has 0 saturated heterocycles. The van der Waals surface area contributed by atoms with Gasteiger partial charge in [0.25, 0.3) is 0 Å². The minimum Gasteiger partial charge on any atom is -0.481 e. The maximum absolute atomic E-state index is 11.0. The van der Waals surface area contributed by atoms with E-state index in [1.165, 1.54) is 17.5 Å². The number of hydrogen-bond donors (Lipinski definition) is 1. The summed E-state index contributed by atoms with van der Waals surface area (Å²) in [6, 6.07) is 14.1. The molecule has 1 aromatic carbocycles. The van der Waals surface area contributed by atoms with E-state index in [4.69, 9.17) is 15.1 Å². The molecule has 0 aliphatic carbocycles. The third-order valence-electron chi connectivity index (χ3n) is 5.98. The number of carbonyl (C=O) groups is 1. The summed E-state index contributed by atoms with van der Waals surface area (Å²) in [5, 5.41) is 19.5. The number of nitriles is 1. The second-order valence-corrected chi connectivity index (χ2v) is 9.53. The van der Waals surface area contributed by atoms with E-state index < -0.39 is 5.97 Å². The Balaban J connectivity index is 1.56. The quantitative estimate of drug-likeness (QED) is 0.323. The van der Waals surface area contributed by atoms with Gasteiger partial charge in [-0.05, 0) is 25.5 Å². The van der Waals surface area contributed by atoms with Gasteiger partial charge in [-0.15, -0.1) is 0 Å². The lowest BCUT2D eigenvalue weighted by Gasteiger charge is -2.17. The van der Waals surface area contributed by atoms with Gasteiger partial charge in [-0.2, -0.15) is 5.26 Å². The molecule has 0 aliphatic rings. The Morgan fingerprint density at radius 2 is 1.86 bits per heavy atom. The van der Waals surface area contributed by atoms with Crippen molar-refractivity contribution in [1.29, 1.82) is 5.26 Å². The SMILES string of the molecule is CCc1nc2ccc(-c3cnc(CC(=O)O)cn3)cn2c1N(C)c1nc(-c2ccc(C)cc2)c(C#N)s1. The zero-order chi connectivity index (χ0) is 26.1. The molecule has 1 N–H and O–H groups in total. The molecule has 9 nitrogen and oxygen atoms in total. The summed E-state index contributed by atoms with van der Waals surface area (Å²) in [5.74, 6) is -0.0996. The topological polar surface area (TPSA) is 120 Å². The van der Waals surface area contributed by atoms with Crippen LogP contribution < -0.4 is 4.90 Å². The maximum atomic E-state index is 11.0. The highest BCUT2D eigenvalue weighted by molar-refractivity contribution is 7.16. The fourth-order valence-corrected chi connectivity index (χ4v) is 4.95. The van der Waals surface area contributed by atoms with Crippen LogP contribution in [0.25, 0.3) is 28.2 Å². The van der Waals surface area contributed by atoms with Crippen LogP contribution in [0, 0.1) is 18.3 Å². The van der Waals surface area contributed by atoms with Gasteiger partial charge in [0.2, 0.25) is 0 Å². The number of fused-ring (bicyclic) bond motifs is 1. The van der Waals surface area contributed by atoms with E-state index >= 15 is 0 Å². The number of aryl methyl sites for hydroxylation is 2. The standard InChI is InChI=1S/C27H23N7O2S/c1-4-20-26(33(3)27-32-25(22(12-28)37-27)17-7-5-16(2)6-8-17)34-15-18(9-10-23(34)31-20)21-14-29-19(13-30-21)11-24(35)36/h5-10,13-15H,4,11H2,1-3H3,(H,35,36). The molecular formula is C27H23N7O2S. The zero-order valence-corrected chi connectivity index (χ0v) is 21.3. The second kappa shape index (κ2) is 9.79. The predicted molar refractivity (Wildman–Crippen MR) is 142 cm³/mol. The summed E-state index contributed by atoms with van der Waals surface area (Å²) in [4.78, 5) is 31.8. The number of thiazole rings is 1. The fraction of sp³-hybridized carbons (Fsp3) is 0.185. The largest absolute Gasteiger partial charge is 0.481 e. The number of aliphatic carboxylic acids is 1. The van der Waals surface area contributed by atoms with E-state index in [0.717, 1.165) is 33.8 Å². The maximum Gasteiger partial charge on any atom is 0.309 e. The Morgan fingerprint density at radius 1 is 1.11 bits per heavy atom. The summed E-state index contributed by atoms with van der Waals surface area (Å²) < 4.78 is 1.99. The van der Waals surface area contributed by atoms with Gasteiger partial charge in [0.1, 0.15) is 28.1 Å². The lowest BCUT2D eigenvalue weighted by atomic mass is 10.1. The lowest BCUT2D eigenvalue weighted by Crippen LogP contribution is -2.13. The van der Waals surface area contributed by atoms with E-state index in [1.54, 1.807) is 6.20 Å². The van der Waals surface area contributed by atoms with Crippen molar-refractivity contribution in [2.24, 2.45) is 0 Å². The van der Waals surface area contributed by atoms with Gasteiger partial charge >= 0.3 is 5.97 Å². The number of aromatic nitrogens is 5. The molecule has 0 saturated carbocycles. The summed E-state index contributed by atoms with van der Waals surface area (Å²) in [7, 11) is 1.93. The Hall–Kier alpha value is -4.62. The average Bonchev–Trinajstić information content (AvgIpc) is 3.50. The van der Waals surface area contributed by atoms with Gasteiger partial charge in [0, 0.05) is 30.6 Å². The normalized spacial score (nSPS) is 11.0. The summed E-state index contributed by atoms with van der Waals surface area (Å²) in [6.07, 6.45) is 5.54. The molecule has 0 spiro atoms. The van der Waals surface area contributed by atoms with Gasteiger partial charge in [0.15, 0.2) is 5.13 Å². The summed E-state index contributed by atoms with van der Waals surface area (Å²) in [5.41, 5.74) is 6.22. The Labute approximate surface area is 217 Å². The Morgan fingerprint density at radius 3 is 2.51 bits per heavy atom. The first kappa shape index (κ1) is 24.1. The van der Waals surface area contributed by atoms with E-state index in [0.29, 0.717) is 33.5 Å². The van der Waals surface area contributed by atoms with Crippen molar-refractivity contribution in [2.75, 3.05) is 11.9 Å². The molecule has 184 valence electrons. The first-order chi connectivity index (χ1) is 17.9. The van der Waals surface area contributed by atoms with Crippen LogP contribution in [0.3, 0.4) is 0 Å². The monoisotopic (exact) mass is 509 g/mol. The fourth-order valence-electron chi connectivity index (χ4n) is 4.10. The van der Waals surface area contributed by atoms with Crippen molar-refractivity contribution in [3.8, 4) is 28.6 Å². The first-order valence-electron chi connectivity index (χ1n) is 11.6. The molecule has 0 amide bonds. The third kappa shape index (κ3) is 4.64. The highest BCUT2D eigenvalue weighted by Crippen LogP contribution is 2.37. The molecule has 0 radical (unpaired) electrons. The first-order valence-corrected chi connectivity index (χ1v) is 12.4. The highest BCUT2D eigenvalue weighted by Gasteiger charge is 2.22. The van der Waals surface area contributed by atoms with Gasteiger partial charge in [-0.3, -0.25) is 19.2 Å². The molecule has 5 aromatic rings. The number of carboxylic acid groups (broad SMARTS) is 1. The van der Waals surface area contributed by atoms with Gasteiger partial charge in [-0.25, -0.2) is 9.97 Å². The molecule has 0 aliphatic heterocycles. The summed E-state index contributed by atoms with van der Waals surface area (Å²) in [6.45, 7) is 4.07. The van der Waals surface area contributed by atoms with Gasteiger partial charge in [0.05, 0.1) is 29.7 Å². The minimum absolute atomic E-state index is 0.175. The number of pyridine rings is 1. The highest BCUT2D eigenvalue weighted by atomic mass is 32.1. The average molecular weight is 510 g/mol. The Kier molecular flexibility index (Phi) is 6.38. The van der Waals surface area contributed by atoms with Crippen molar-refractivity contribution >= 4 is 33.9 Å². The number of carboxylic acids is 1. The zero-order valence-electron chi connectivity index (χ0n) is 20.5. The molecule has 0 atom stereocenters. The van der Waals surface area contributed by atoms with E-state index in [9.17, 15) is 10.1 Å². The summed E-state index contributed by atoms with van der Waals surface area (Å²) >= 11 is 1.34. The van der Waals surface area contributed by atoms with Crippen LogP contribution in [-0.2, 0) is 17.6 Å². The van der Waals surface area contributed by atoms with Crippen LogP contribution in [-0.4, -0.2) is 42.5 Å². The lowest BCUT2D eigenvalue weighted by molar-refractivity contribution is -0.136. The molecule has 10 heteroatoms. The number of nitrogens with zero attached hydrogens (tertiary/aromatic N) is 7. The van der Waals surface area contributed by atoms with Gasteiger partial charge < -0.3 is 10.0 Å². The van der Waals surface area contributed by atoms with Crippen LogP contribution in [0.4, 0.5) is 10.9 Å². The van der Waals surface area contributed by atoms with Crippen LogP contribution in [0.5, 0.6) is 0 Å². The molecule has 37 heavy (non-hydrogen) atoms. The van der Waals surface area contributed by atoms with E-state index in [2.05, 4.69) is 16.0 Å². The number of anilines is 2. The van der Waals surface area contributed by atoms with Crippen molar-refractivity contribution in [3.63, 3.8) is 0 Å². The van der Waals surface area contributed by atoms with Gasteiger partial charge in [-0.1, -0.05) is 48.1 Å². The third-order valence-corrected chi connectivity index (χ3v) is 7.01. The van der Waals surface area contributed by atoms with Crippen LogP contribution in [0.1, 0.15) is 28.8 Å². The minimum atomic E-state index is -0.950. The number of imidazole rings is 1. The van der Waals surface area contributed by atoms with Crippen LogP contribution >= 0.6 is 11.3 Å². The van der Waals surface area contributed by atoms with Crippen molar-refractivity contribution < 1.29 is 9.90 Å². The second-order valence-electron chi connectivity index (χ2n) is 8.56. The predicted octanol–water partition coefficient (Wildman–Crippen LogP) is 5.05. The Bertz CT molecular complexity index is 1650. The molecule has 0 fully saturated rings. The molecule has 4 aromatic heterocycles. The number of hydrogen-bond acceptors (Lipinski definition) is 8. The van der Waals surface area contributed by atoms with E-state index in [-0.39, 0.29) is 6.42 Å².